The lowest BCUT2D eigenvalue weighted by atomic mass is 9.95. The van der Waals surface area contributed by atoms with E-state index < -0.39 is 0 Å². The minimum absolute atomic E-state index is 0.00594. The van der Waals surface area contributed by atoms with Crippen molar-refractivity contribution in [3.05, 3.63) is 100 Å². The van der Waals surface area contributed by atoms with Crippen molar-refractivity contribution in [2.24, 2.45) is 5.92 Å². The number of aryl methyl sites for hydroxylation is 3. The molecule has 3 nitrogen and oxygen atoms in total. The van der Waals surface area contributed by atoms with Crippen LogP contribution in [0.1, 0.15) is 39.7 Å². The van der Waals surface area contributed by atoms with Gasteiger partial charge in [0.15, 0.2) is 0 Å². The summed E-state index contributed by atoms with van der Waals surface area (Å²) in [5.41, 5.74) is 7.02. The molecule has 146 valence electrons. The van der Waals surface area contributed by atoms with Crippen molar-refractivity contribution in [1.29, 1.82) is 0 Å². The number of pyridine rings is 1. The first kappa shape index (κ1) is 20.2. The molecular weight excluding hydrogens is 344 g/mol. The third-order valence-corrected chi connectivity index (χ3v) is 5.26. The maximum absolute atomic E-state index is 9.96. The average molecular weight is 375 g/mol. The van der Waals surface area contributed by atoms with Gasteiger partial charge in [-0.1, -0.05) is 60.2 Å². The topological polar surface area (TPSA) is 45.1 Å². The van der Waals surface area contributed by atoms with E-state index in [-0.39, 0.29) is 18.6 Å². The minimum atomic E-state index is 0.00594. The summed E-state index contributed by atoms with van der Waals surface area (Å²) in [5.74, 6) is 0.152. The van der Waals surface area contributed by atoms with Gasteiger partial charge in [0.2, 0.25) is 0 Å². The summed E-state index contributed by atoms with van der Waals surface area (Å²) >= 11 is 0. The van der Waals surface area contributed by atoms with Gasteiger partial charge in [0.25, 0.3) is 0 Å². The summed E-state index contributed by atoms with van der Waals surface area (Å²) in [6.07, 6.45) is 0.859. The molecule has 3 heteroatoms. The zero-order valence-corrected chi connectivity index (χ0v) is 17.0. The Bertz CT molecular complexity index is 889. The molecule has 3 aromatic rings. The lowest BCUT2D eigenvalue weighted by Gasteiger charge is -2.23. The molecule has 0 saturated carbocycles. The number of aliphatic hydroxyl groups is 1. The Labute approximate surface area is 168 Å². The van der Waals surface area contributed by atoms with Gasteiger partial charge in [-0.15, -0.1) is 0 Å². The zero-order valence-electron chi connectivity index (χ0n) is 17.0. The van der Waals surface area contributed by atoms with Gasteiger partial charge in [0.05, 0.1) is 11.7 Å². The molecule has 3 rings (SSSR count). The second-order valence-electron chi connectivity index (χ2n) is 7.63. The van der Waals surface area contributed by atoms with Crippen molar-refractivity contribution in [3.8, 4) is 0 Å². The molecule has 2 unspecified atom stereocenters. The van der Waals surface area contributed by atoms with E-state index in [2.05, 4.69) is 79.8 Å². The molecule has 0 aliphatic heterocycles. The van der Waals surface area contributed by atoms with Crippen molar-refractivity contribution >= 4 is 0 Å². The summed E-state index contributed by atoms with van der Waals surface area (Å²) in [7, 11) is 0. The third kappa shape index (κ3) is 5.28. The number of hydrogen-bond acceptors (Lipinski definition) is 3. The van der Waals surface area contributed by atoms with Crippen molar-refractivity contribution in [2.45, 2.75) is 33.2 Å². The number of hydrogen-bond donors (Lipinski definition) is 2. The fourth-order valence-corrected chi connectivity index (χ4v) is 3.51. The molecule has 0 aliphatic carbocycles. The number of aliphatic hydroxyl groups excluding tert-OH is 1. The Kier molecular flexibility index (Phi) is 6.96. The van der Waals surface area contributed by atoms with E-state index in [4.69, 9.17) is 4.98 Å². The van der Waals surface area contributed by atoms with E-state index in [9.17, 15) is 5.11 Å². The molecule has 0 spiro atoms. The normalized spacial score (nSPS) is 13.3. The minimum Gasteiger partial charge on any atom is -0.396 e. The van der Waals surface area contributed by atoms with Crippen LogP contribution in [0.2, 0.25) is 0 Å². The first-order chi connectivity index (χ1) is 13.6. The van der Waals surface area contributed by atoms with Crippen LogP contribution >= 0.6 is 0 Å². The molecule has 0 saturated heterocycles. The summed E-state index contributed by atoms with van der Waals surface area (Å²) in [6, 6.07) is 23.1. The van der Waals surface area contributed by atoms with Crippen LogP contribution in [0.5, 0.6) is 0 Å². The van der Waals surface area contributed by atoms with Crippen molar-refractivity contribution in [2.75, 3.05) is 13.2 Å². The predicted molar refractivity (Wildman–Crippen MR) is 115 cm³/mol. The summed E-state index contributed by atoms with van der Waals surface area (Å²) < 4.78 is 0. The lowest BCUT2D eigenvalue weighted by Crippen LogP contribution is -2.31. The molecule has 2 N–H and O–H groups in total. The Morgan fingerprint density at radius 1 is 0.893 bits per heavy atom. The van der Waals surface area contributed by atoms with E-state index in [0.717, 1.165) is 24.4 Å². The molecule has 0 radical (unpaired) electrons. The van der Waals surface area contributed by atoms with Gasteiger partial charge in [-0.3, -0.25) is 4.98 Å². The number of aromatic nitrogens is 1. The molecule has 0 amide bonds. The van der Waals surface area contributed by atoms with Crippen LogP contribution in [0.3, 0.4) is 0 Å². The third-order valence-electron chi connectivity index (χ3n) is 5.26. The van der Waals surface area contributed by atoms with E-state index >= 15 is 0 Å². The van der Waals surface area contributed by atoms with Crippen LogP contribution in [0.25, 0.3) is 0 Å². The highest BCUT2D eigenvalue weighted by atomic mass is 16.3. The molecular formula is C25H30N2O. The Morgan fingerprint density at radius 2 is 1.64 bits per heavy atom. The van der Waals surface area contributed by atoms with Crippen molar-refractivity contribution in [3.63, 3.8) is 0 Å². The number of nitrogens with one attached hydrogen (secondary N) is 1. The molecule has 0 fully saturated rings. The van der Waals surface area contributed by atoms with Crippen LogP contribution in [-0.4, -0.2) is 23.2 Å². The number of benzene rings is 2. The van der Waals surface area contributed by atoms with Gasteiger partial charge >= 0.3 is 0 Å². The molecule has 28 heavy (non-hydrogen) atoms. The first-order valence-electron chi connectivity index (χ1n) is 9.95. The van der Waals surface area contributed by atoms with E-state index in [0.29, 0.717) is 0 Å². The van der Waals surface area contributed by atoms with Gasteiger partial charge in [-0.25, -0.2) is 0 Å². The van der Waals surface area contributed by atoms with E-state index in [1.807, 2.05) is 13.0 Å². The van der Waals surface area contributed by atoms with Crippen LogP contribution in [0, 0.1) is 26.7 Å². The maximum atomic E-state index is 9.96. The highest BCUT2D eigenvalue weighted by Gasteiger charge is 2.18. The Hall–Kier alpha value is -2.49. The summed E-state index contributed by atoms with van der Waals surface area (Å²) in [4.78, 5) is 4.75. The zero-order chi connectivity index (χ0) is 19.9. The van der Waals surface area contributed by atoms with Gasteiger partial charge in [-0.2, -0.15) is 0 Å². The van der Waals surface area contributed by atoms with Crippen molar-refractivity contribution in [1.82, 2.24) is 10.3 Å². The number of nitrogens with zero attached hydrogens (tertiary/aromatic N) is 1. The molecule has 2 atom stereocenters. The first-order valence-corrected chi connectivity index (χ1v) is 9.95. The van der Waals surface area contributed by atoms with E-state index in [1.165, 1.54) is 22.3 Å². The van der Waals surface area contributed by atoms with Gasteiger partial charge < -0.3 is 10.4 Å². The highest BCUT2D eigenvalue weighted by Crippen LogP contribution is 2.22. The Balaban J connectivity index is 1.78. The summed E-state index contributed by atoms with van der Waals surface area (Å²) in [6.45, 7) is 7.12. The van der Waals surface area contributed by atoms with Gasteiger partial charge in [0.1, 0.15) is 0 Å². The smallest absolute Gasteiger partial charge is 0.0751 e. The van der Waals surface area contributed by atoms with Gasteiger partial charge in [0, 0.05) is 18.8 Å². The second kappa shape index (κ2) is 9.63. The SMILES string of the molecule is Cc1ccc(C(NCC(CO)Cc2ccccc2C)c2cccc(C)n2)cc1. The van der Waals surface area contributed by atoms with Crippen LogP contribution in [0.4, 0.5) is 0 Å². The fraction of sp³-hybridized carbons (Fsp3) is 0.320. The predicted octanol–water partition coefficient (Wildman–Crippen LogP) is 4.54. The van der Waals surface area contributed by atoms with Gasteiger partial charge in [-0.05, 0) is 61.9 Å². The lowest BCUT2D eigenvalue weighted by molar-refractivity contribution is 0.219. The fourth-order valence-electron chi connectivity index (χ4n) is 3.51. The number of rotatable bonds is 8. The maximum Gasteiger partial charge on any atom is 0.0751 e. The highest BCUT2D eigenvalue weighted by molar-refractivity contribution is 5.31. The monoisotopic (exact) mass is 374 g/mol. The molecule has 0 aliphatic rings. The van der Waals surface area contributed by atoms with Crippen LogP contribution in [0.15, 0.2) is 66.7 Å². The van der Waals surface area contributed by atoms with Crippen LogP contribution < -0.4 is 5.32 Å². The molecule has 1 aromatic heterocycles. The van der Waals surface area contributed by atoms with Crippen LogP contribution in [-0.2, 0) is 6.42 Å². The average Bonchev–Trinajstić information content (AvgIpc) is 2.70. The standard InChI is InChI=1S/C25H30N2O/c1-18-11-13-22(14-12-18)25(24-10-6-8-20(3)27-24)26-16-21(17-28)15-23-9-5-4-7-19(23)2/h4-14,21,25-26,28H,15-17H2,1-3H3. The Morgan fingerprint density at radius 3 is 2.32 bits per heavy atom. The second-order valence-corrected chi connectivity index (χ2v) is 7.63. The molecule has 1 heterocycles. The largest absolute Gasteiger partial charge is 0.396 e. The molecule has 2 aromatic carbocycles. The van der Waals surface area contributed by atoms with E-state index in [1.54, 1.807) is 0 Å². The summed E-state index contributed by atoms with van der Waals surface area (Å²) in [5, 5.41) is 13.6. The quantitative estimate of drug-likeness (QED) is 0.609. The van der Waals surface area contributed by atoms with Crippen molar-refractivity contribution < 1.29 is 5.11 Å². The molecule has 0 bridgehead atoms.